The molecule has 0 N–H and O–H groups in total. The van der Waals surface area contributed by atoms with Gasteiger partial charge in [0.25, 0.3) is 0 Å². The van der Waals surface area contributed by atoms with Crippen molar-refractivity contribution in [2.24, 2.45) is 12.5 Å². The fourth-order valence-corrected chi connectivity index (χ4v) is 2.48. The van der Waals surface area contributed by atoms with Crippen molar-refractivity contribution in [2.45, 2.75) is 40.0 Å². The molecule has 1 heterocycles. The lowest BCUT2D eigenvalue weighted by molar-refractivity contribution is -0.670. The third-order valence-electron chi connectivity index (χ3n) is 3.38. The second-order valence-electron chi connectivity index (χ2n) is 6.45. The number of benzene rings is 1. The lowest BCUT2D eigenvalue weighted by Gasteiger charge is -2.17. The molecule has 1 aromatic heterocycles. The van der Waals surface area contributed by atoms with Crippen LogP contribution >= 0.6 is 0 Å². The molecule has 0 aliphatic carbocycles. The number of aromatic nitrogens is 1. The summed E-state index contributed by atoms with van der Waals surface area (Å²) in [6, 6.07) is 8.68. The first-order valence-corrected chi connectivity index (χ1v) is 6.83. The second kappa shape index (κ2) is 5.09. The van der Waals surface area contributed by atoms with E-state index in [2.05, 4.69) is 69.0 Å². The van der Waals surface area contributed by atoms with Gasteiger partial charge in [-0.15, -0.1) is 0 Å². The van der Waals surface area contributed by atoms with Gasteiger partial charge in [-0.1, -0.05) is 39.0 Å². The van der Waals surface area contributed by atoms with E-state index in [0.29, 0.717) is 5.41 Å². The molecule has 0 amide bonds. The maximum Gasteiger partial charge on any atom is 0.176 e. The van der Waals surface area contributed by atoms with Crippen LogP contribution in [-0.2, 0) is 13.5 Å². The van der Waals surface area contributed by atoms with Crippen molar-refractivity contribution in [3.05, 3.63) is 42.2 Å². The number of rotatable bonds is 3. The normalized spacial score (nSPS) is 12.0. The van der Waals surface area contributed by atoms with Gasteiger partial charge >= 0.3 is 0 Å². The molecule has 0 saturated carbocycles. The van der Waals surface area contributed by atoms with Crippen molar-refractivity contribution in [2.75, 3.05) is 0 Å². The molecule has 0 aliphatic heterocycles. The lowest BCUT2D eigenvalue weighted by Crippen LogP contribution is -2.27. The van der Waals surface area contributed by atoms with Gasteiger partial charge in [-0.3, -0.25) is 0 Å². The average molecular weight is 242 g/mol. The molecule has 1 aromatic carbocycles. The first-order valence-electron chi connectivity index (χ1n) is 6.83. The Hall–Kier alpha value is -1.37. The summed E-state index contributed by atoms with van der Waals surface area (Å²) < 4.78 is 2.18. The molecule has 2 aromatic rings. The van der Waals surface area contributed by atoms with E-state index < -0.39 is 0 Å². The smallest absolute Gasteiger partial charge is 0.176 e. The van der Waals surface area contributed by atoms with Gasteiger partial charge in [0.15, 0.2) is 12.4 Å². The zero-order chi connectivity index (χ0) is 13.2. The molecule has 1 heteroatoms. The average Bonchev–Trinajstić information content (AvgIpc) is 2.27. The monoisotopic (exact) mass is 242 g/mol. The molecule has 0 aliphatic rings. The minimum Gasteiger partial charge on any atom is -0.207 e. The standard InChI is InChI=1S/C17H24N/c1-17(2,3)11-7-9-15-13-18(4)12-14-8-5-6-10-16(14)15/h5-6,8,10,12-13H,7,9,11H2,1-4H3/q+1. The minimum atomic E-state index is 0.437. The van der Waals surface area contributed by atoms with E-state index in [1.807, 2.05) is 0 Å². The van der Waals surface area contributed by atoms with Crippen LogP contribution in [0.3, 0.4) is 0 Å². The highest BCUT2D eigenvalue weighted by Crippen LogP contribution is 2.24. The van der Waals surface area contributed by atoms with Crippen LogP contribution in [0.15, 0.2) is 36.7 Å². The van der Waals surface area contributed by atoms with Crippen molar-refractivity contribution >= 4 is 10.8 Å². The minimum absolute atomic E-state index is 0.437. The Labute approximate surface area is 110 Å². The molecule has 0 saturated heterocycles. The number of fused-ring (bicyclic) bond motifs is 1. The number of hydrogen-bond donors (Lipinski definition) is 0. The van der Waals surface area contributed by atoms with Crippen LogP contribution in [0.4, 0.5) is 0 Å². The van der Waals surface area contributed by atoms with Crippen molar-refractivity contribution in [1.29, 1.82) is 0 Å². The third-order valence-corrected chi connectivity index (χ3v) is 3.38. The molecule has 0 unspecified atom stereocenters. The van der Waals surface area contributed by atoms with Gasteiger partial charge in [0, 0.05) is 10.9 Å². The van der Waals surface area contributed by atoms with E-state index in [1.165, 1.54) is 35.6 Å². The van der Waals surface area contributed by atoms with E-state index in [9.17, 15) is 0 Å². The SMILES string of the molecule is C[n+]1cc(CCCC(C)(C)C)c2ccccc2c1. The summed E-state index contributed by atoms with van der Waals surface area (Å²) in [5.41, 5.74) is 1.91. The topological polar surface area (TPSA) is 3.88 Å². The van der Waals surface area contributed by atoms with Crippen molar-refractivity contribution in [3.63, 3.8) is 0 Å². The number of pyridine rings is 1. The molecule has 18 heavy (non-hydrogen) atoms. The van der Waals surface area contributed by atoms with Crippen LogP contribution in [-0.4, -0.2) is 0 Å². The lowest BCUT2D eigenvalue weighted by atomic mass is 9.88. The molecule has 2 rings (SSSR count). The Kier molecular flexibility index (Phi) is 3.70. The van der Waals surface area contributed by atoms with E-state index >= 15 is 0 Å². The Morgan fingerprint density at radius 2 is 1.78 bits per heavy atom. The summed E-state index contributed by atoms with van der Waals surface area (Å²) in [5.74, 6) is 0. The van der Waals surface area contributed by atoms with Crippen LogP contribution in [0.25, 0.3) is 10.8 Å². The highest BCUT2D eigenvalue weighted by Gasteiger charge is 2.12. The fourth-order valence-electron chi connectivity index (χ4n) is 2.48. The van der Waals surface area contributed by atoms with Gasteiger partial charge in [-0.05, 0) is 36.1 Å². The van der Waals surface area contributed by atoms with Crippen molar-refractivity contribution < 1.29 is 4.57 Å². The Morgan fingerprint density at radius 1 is 1.06 bits per heavy atom. The molecule has 1 nitrogen and oxygen atoms in total. The predicted octanol–water partition coefficient (Wildman–Crippen LogP) is 4.03. The molecule has 0 spiro atoms. The summed E-state index contributed by atoms with van der Waals surface area (Å²) in [7, 11) is 2.11. The largest absolute Gasteiger partial charge is 0.207 e. The number of hydrogen-bond acceptors (Lipinski definition) is 0. The first kappa shape index (κ1) is 13.1. The summed E-state index contributed by atoms with van der Waals surface area (Å²) in [5, 5.41) is 2.75. The van der Waals surface area contributed by atoms with E-state index in [4.69, 9.17) is 0 Å². The van der Waals surface area contributed by atoms with E-state index in [1.54, 1.807) is 0 Å². The number of nitrogens with zero attached hydrogens (tertiary/aromatic N) is 1. The van der Waals surface area contributed by atoms with Crippen LogP contribution in [0.2, 0.25) is 0 Å². The molecular formula is C17H24N+. The molecule has 0 bridgehead atoms. The zero-order valence-electron chi connectivity index (χ0n) is 12.0. The Balaban J connectivity index is 2.22. The predicted molar refractivity (Wildman–Crippen MR) is 77.5 cm³/mol. The fraction of sp³-hybridized carbons (Fsp3) is 0.471. The summed E-state index contributed by atoms with van der Waals surface area (Å²) in [4.78, 5) is 0. The Morgan fingerprint density at radius 3 is 2.50 bits per heavy atom. The highest BCUT2D eigenvalue weighted by atomic mass is 14.9. The summed E-state index contributed by atoms with van der Waals surface area (Å²) in [6.45, 7) is 6.95. The molecule has 96 valence electrons. The number of aryl methyl sites for hydroxylation is 2. The third kappa shape index (κ3) is 3.32. The van der Waals surface area contributed by atoms with Crippen LogP contribution in [0.5, 0.6) is 0 Å². The van der Waals surface area contributed by atoms with E-state index in [0.717, 1.165) is 0 Å². The second-order valence-corrected chi connectivity index (χ2v) is 6.45. The van der Waals surface area contributed by atoms with Gasteiger partial charge in [-0.2, -0.15) is 0 Å². The molecule has 0 fully saturated rings. The molecule has 0 atom stereocenters. The van der Waals surface area contributed by atoms with Crippen molar-refractivity contribution in [1.82, 2.24) is 0 Å². The maximum atomic E-state index is 2.32. The van der Waals surface area contributed by atoms with Crippen LogP contribution in [0.1, 0.15) is 39.2 Å². The zero-order valence-corrected chi connectivity index (χ0v) is 12.0. The summed E-state index contributed by atoms with van der Waals surface area (Å²) in [6.07, 6.45) is 8.18. The van der Waals surface area contributed by atoms with Crippen molar-refractivity contribution in [3.8, 4) is 0 Å². The maximum absolute atomic E-state index is 2.32. The highest BCUT2D eigenvalue weighted by molar-refractivity contribution is 5.83. The van der Waals surface area contributed by atoms with Crippen LogP contribution < -0.4 is 4.57 Å². The molecule has 0 radical (unpaired) electrons. The Bertz CT molecular complexity index is 535. The summed E-state index contributed by atoms with van der Waals surface area (Å²) >= 11 is 0. The van der Waals surface area contributed by atoms with Gasteiger partial charge in [-0.25, -0.2) is 4.57 Å². The van der Waals surface area contributed by atoms with Gasteiger partial charge in [0.1, 0.15) is 7.05 Å². The quantitative estimate of drug-likeness (QED) is 0.715. The van der Waals surface area contributed by atoms with Gasteiger partial charge in [0.05, 0.1) is 0 Å². The van der Waals surface area contributed by atoms with E-state index in [-0.39, 0.29) is 0 Å². The van der Waals surface area contributed by atoms with Crippen LogP contribution in [0, 0.1) is 5.41 Å². The van der Waals surface area contributed by atoms with Gasteiger partial charge < -0.3 is 0 Å². The first-order chi connectivity index (χ1) is 8.46. The molecular weight excluding hydrogens is 218 g/mol. The van der Waals surface area contributed by atoms with Gasteiger partial charge in [0.2, 0.25) is 0 Å².